The molecule has 4 heteroatoms. The smallest absolute Gasteiger partial charge is 0.0573 e. The minimum atomic E-state index is 0.645. The van der Waals surface area contributed by atoms with Crippen molar-refractivity contribution in [3.05, 3.63) is 18.5 Å². The molecule has 1 aliphatic rings. The topological polar surface area (TPSA) is 37.4 Å². The average Bonchev–Trinajstić information content (AvgIpc) is 2.40. The summed E-state index contributed by atoms with van der Waals surface area (Å²) in [4.78, 5) is 6.73. The van der Waals surface area contributed by atoms with Gasteiger partial charge < -0.3 is 15.0 Å². The van der Waals surface area contributed by atoms with Crippen LogP contribution in [-0.4, -0.2) is 38.3 Å². The van der Waals surface area contributed by atoms with Crippen LogP contribution in [0.3, 0.4) is 0 Å². The highest BCUT2D eigenvalue weighted by Gasteiger charge is 2.20. The fourth-order valence-corrected chi connectivity index (χ4v) is 2.57. The Kier molecular flexibility index (Phi) is 4.81. The number of nitrogens with zero attached hydrogens (tertiary/aromatic N) is 2. The highest BCUT2D eigenvalue weighted by molar-refractivity contribution is 5.55. The lowest BCUT2D eigenvalue weighted by atomic mass is 9.98. The quantitative estimate of drug-likeness (QED) is 0.869. The zero-order valence-electron chi connectivity index (χ0n) is 11.4. The highest BCUT2D eigenvalue weighted by Crippen LogP contribution is 2.24. The van der Waals surface area contributed by atoms with Crippen LogP contribution in [0.4, 0.5) is 11.4 Å². The molecule has 0 radical (unpaired) electrons. The van der Waals surface area contributed by atoms with E-state index in [9.17, 15) is 0 Å². The fraction of sp³-hybridized carbons (Fsp3) is 0.643. The molecule has 1 N–H and O–H groups in total. The second kappa shape index (κ2) is 6.59. The Bertz CT molecular complexity index is 368. The first-order chi connectivity index (χ1) is 8.83. The van der Waals surface area contributed by atoms with E-state index in [0.717, 1.165) is 31.9 Å². The number of hydrogen-bond donors (Lipinski definition) is 1. The number of aromatic nitrogens is 1. The van der Waals surface area contributed by atoms with Crippen LogP contribution >= 0.6 is 0 Å². The summed E-state index contributed by atoms with van der Waals surface area (Å²) in [5.74, 6) is 0.645. The summed E-state index contributed by atoms with van der Waals surface area (Å²) in [5, 5.41) is 3.31. The molecule has 1 saturated heterocycles. The van der Waals surface area contributed by atoms with Gasteiger partial charge in [0.1, 0.15) is 0 Å². The normalized spacial score (nSPS) is 19.9. The van der Waals surface area contributed by atoms with Gasteiger partial charge in [-0.1, -0.05) is 0 Å². The molecule has 100 valence electrons. The van der Waals surface area contributed by atoms with Crippen molar-refractivity contribution in [2.24, 2.45) is 5.92 Å². The minimum absolute atomic E-state index is 0.645. The van der Waals surface area contributed by atoms with Crippen LogP contribution in [-0.2, 0) is 4.74 Å². The van der Waals surface area contributed by atoms with Crippen molar-refractivity contribution in [3.63, 3.8) is 0 Å². The molecule has 2 heterocycles. The van der Waals surface area contributed by atoms with Crippen molar-refractivity contribution >= 4 is 11.4 Å². The number of pyridine rings is 1. The Balaban J connectivity index is 2.03. The molecule has 18 heavy (non-hydrogen) atoms. The van der Waals surface area contributed by atoms with E-state index in [1.165, 1.54) is 18.5 Å². The lowest BCUT2D eigenvalue weighted by molar-refractivity contribution is 0.143. The van der Waals surface area contributed by atoms with E-state index in [1.807, 2.05) is 12.4 Å². The molecule has 1 atom stereocenters. The molecule has 4 nitrogen and oxygen atoms in total. The van der Waals surface area contributed by atoms with Crippen LogP contribution in [0.2, 0.25) is 0 Å². The number of piperidine rings is 1. The Labute approximate surface area is 109 Å². The molecule has 0 aromatic carbocycles. The third-order valence-corrected chi connectivity index (χ3v) is 3.39. The van der Waals surface area contributed by atoms with Crippen LogP contribution in [0.15, 0.2) is 18.5 Å². The van der Waals surface area contributed by atoms with Gasteiger partial charge in [0, 0.05) is 26.7 Å². The first-order valence-electron chi connectivity index (χ1n) is 6.76. The van der Waals surface area contributed by atoms with Gasteiger partial charge in [0.25, 0.3) is 0 Å². The van der Waals surface area contributed by atoms with Gasteiger partial charge in [-0.25, -0.2) is 0 Å². The molecule has 1 unspecified atom stereocenters. The summed E-state index contributed by atoms with van der Waals surface area (Å²) in [6.07, 6.45) is 6.34. The molecular formula is C14H23N3O. The van der Waals surface area contributed by atoms with E-state index in [-0.39, 0.29) is 0 Å². The van der Waals surface area contributed by atoms with E-state index < -0.39 is 0 Å². The van der Waals surface area contributed by atoms with Crippen molar-refractivity contribution in [1.29, 1.82) is 0 Å². The number of nitrogens with one attached hydrogen (secondary N) is 1. The van der Waals surface area contributed by atoms with Crippen LogP contribution in [0.25, 0.3) is 0 Å². The standard InChI is InChI=1S/C14H23N3O/c1-3-16-13-7-14(9-15-8-13)17-6-4-5-12(10-17)11-18-2/h7-9,12,16H,3-6,10-11H2,1-2H3. The molecule has 0 spiro atoms. The van der Waals surface area contributed by atoms with Crippen molar-refractivity contribution in [2.45, 2.75) is 19.8 Å². The number of anilines is 2. The summed E-state index contributed by atoms with van der Waals surface area (Å²) in [6, 6.07) is 2.19. The third kappa shape index (κ3) is 3.35. The van der Waals surface area contributed by atoms with Crippen LogP contribution in [0.1, 0.15) is 19.8 Å². The predicted molar refractivity (Wildman–Crippen MR) is 75.2 cm³/mol. The lowest BCUT2D eigenvalue weighted by Crippen LogP contribution is -2.37. The maximum atomic E-state index is 5.27. The molecule has 0 saturated carbocycles. The SMILES string of the molecule is CCNc1cncc(N2CCCC(COC)C2)c1. The van der Waals surface area contributed by atoms with Gasteiger partial charge in [0.2, 0.25) is 0 Å². The molecule has 1 fully saturated rings. The van der Waals surface area contributed by atoms with Gasteiger partial charge in [0.15, 0.2) is 0 Å². The maximum Gasteiger partial charge on any atom is 0.0573 e. The summed E-state index contributed by atoms with van der Waals surface area (Å²) >= 11 is 0. The van der Waals surface area contributed by atoms with Gasteiger partial charge in [-0.15, -0.1) is 0 Å². The number of rotatable bonds is 5. The van der Waals surface area contributed by atoms with E-state index in [2.05, 4.69) is 28.2 Å². The Morgan fingerprint density at radius 3 is 3.17 bits per heavy atom. The van der Waals surface area contributed by atoms with Crippen LogP contribution in [0.5, 0.6) is 0 Å². The summed E-state index contributed by atoms with van der Waals surface area (Å²) in [6.45, 7) is 6.08. The fourth-order valence-electron chi connectivity index (χ4n) is 2.57. The van der Waals surface area contributed by atoms with Crippen LogP contribution < -0.4 is 10.2 Å². The second-order valence-electron chi connectivity index (χ2n) is 4.87. The summed E-state index contributed by atoms with van der Waals surface area (Å²) < 4.78 is 5.27. The Hall–Kier alpha value is -1.29. The van der Waals surface area contributed by atoms with Crippen molar-refractivity contribution in [2.75, 3.05) is 43.6 Å². The van der Waals surface area contributed by atoms with Crippen molar-refractivity contribution in [3.8, 4) is 0 Å². The van der Waals surface area contributed by atoms with Gasteiger partial charge in [-0.2, -0.15) is 0 Å². The summed E-state index contributed by atoms with van der Waals surface area (Å²) in [7, 11) is 1.78. The van der Waals surface area contributed by atoms with Crippen molar-refractivity contribution in [1.82, 2.24) is 4.98 Å². The molecule has 0 bridgehead atoms. The second-order valence-corrected chi connectivity index (χ2v) is 4.87. The number of methoxy groups -OCH3 is 1. The minimum Gasteiger partial charge on any atom is -0.384 e. The third-order valence-electron chi connectivity index (χ3n) is 3.39. The van der Waals surface area contributed by atoms with Gasteiger partial charge in [0.05, 0.1) is 30.4 Å². The van der Waals surface area contributed by atoms with Crippen LogP contribution in [0, 0.1) is 5.92 Å². The molecule has 1 aromatic heterocycles. The van der Waals surface area contributed by atoms with Gasteiger partial charge >= 0.3 is 0 Å². The van der Waals surface area contributed by atoms with E-state index in [1.54, 1.807) is 7.11 Å². The van der Waals surface area contributed by atoms with Gasteiger partial charge in [-0.3, -0.25) is 4.98 Å². The lowest BCUT2D eigenvalue weighted by Gasteiger charge is -2.34. The average molecular weight is 249 g/mol. The van der Waals surface area contributed by atoms with Crippen molar-refractivity contribution < 1.29 is 4.74 Å². The number of hydrogen-bond acceptors (Lipinski definition) is 4. The molecule has 0 aliphatic carbocycles. The predicted octanol–water partition coefficient (Wildman–Crippen LogP) is 2.38. The molecule has 0 amide bonds. The Morgan fingerprint density at radius 1 is 1.50 bits per heavy atom. The highest BCUT2D eigenvalue weighted by atomic mass is 16.5. The molecular weight excluding hydrogens is 226 g/mol. The Morgan fingerprint density at radius 2 is 2.39 bits per heavy atom. The first-order valence-corrected chi connectivity index (χ1v) is 6.76. The van der Waals surface area contributed by atoms with E-state index in [0.29, 0.717) is 5.92 Å². The van der Waals surface area contributed by atoms with E-state index >= 15 is 0 Å². The van der Waals surface area contributed by atoms with E-state index in [4.69, 9.17) is 4.74 Å². The monoisotopic (exact) mass is 249 g/mol. The zero-order valence-corrected chi connectivity index (χ0v) is 11.4. The molecule has 2 rings (SSSR count). The molecule has 1 aliphatic heterocycles. The number of ether oxygens (including phenoxy) is 1. The largest absolute Gasteiger partial charge is 0.384 e. The maximum absolute atomic E-state index is 5.27. The molecule has 1 aromatic rings. The van der Waals surface area contributed by atoms with Gasteiger partial charge in [-0.05, 0) is 31.7 Å². The summed E-state index contributed by atoms with van der Waals surface area (Å²) in [5.41, 5.74) is 2.32. The first kappa shape index (κ1) is 13.1. The zero-order chi connectivity index (χ0) is 12.8.